The molecule has 0 atom stereocenters. The first-order chi connectivity index (χ1) is 17.8. The topological polar surface area (TPSA) is 85.0 Å². The summed E-state index contributed by atoms with van der Waals surface area (Å²) in [5, 5.41) is 15.7. The minimum absolute atomic E-state index is 0.189. The van der Waals surface area contributed by atoms with Gasteiger partial charge in [0.1, 0.15) is 0 Å². The summed E-state index contributed by atoms with van der Waals surface area (Å²) in [6.45, 7) is 0.997. The van der Waals surface area contributed by atoms with Crippen LogP contribution < -0.4 is 10.6 Å². The lowest BCUT2D eigenvalue weighted by Gasteiger charge is -2.09. The second kappa shape index (κ2) is 9.38. The number of anilines is 2. The van der Waals surface area contributed by atoms with Gasteiger partial charge in [0.2, 0.25) is 11.9 Å². The van der Waals surface area contributed by atoms with Crippen molar-refractivity contribution in [2.24, 2.45) is 0 Å². The van der Waals surface area contributed by atoms with Gasteiger partial charge in [0, 0.05) is 13.1 Å². The quantitative estimate of drug-likeness (QED) is 0.292. The van der Waals surface area contributed by atoms with Gasteiger partial charge in [-0.15, -0.1) is 5.10 Å². The highest BCUT2D eigenvalue weighted by Gasteiger charge is 2.20. The third kappa shape index (κ3) is 4.18. The van der Waals surface area contributed by atoms with Crippen LogP contribution in [0.15, 0.2) is 108 Å². The predicted octanol–water partition coefficient (Wildman–Crippen LogP) is 6.09. The van der Waals surface area contributed by atoms with Crippen molar-refractivity contribution < 1.29 is 9.21 Å². The summed E-state index contributed by atoms with van der Waals surface area (Å²) in [4.78, 5) is 17.7. The minimum atomic E-state index is -0.397. The lowest BCUT2D eigenvalue weighted by atomic mass is 10.0. The average Bonchev–Trinajstić information content (AvgIpc) is 3.61. The number of aromatic nitrogens is 3. The monoisotopic (exact) mass is 473 g/mol. The second-order valence-corrected chi connectivity index (χ2v) is 8.44. The molecular weight excluding hydrogens is 450 g/mol. The number of carbonyl (C=O) groups excluding carboxylic acids is 1. The van der Waals surface area contributed by atoms with Crippen LogP contribution in [0.3, 0.4) is 0 Å². The first kappa shape index (κ1) is 21.6. The van der Waals surface area contributed by atoms with Crippen LogP contribution in [0, 0.1) is 0 Å². The van der Waals surface area contributed by atoms with Gasteiger partial charge in [-0.2, -0.15) is 9.67 Å². The van der Waals surface area contributed by atoms with Crippen LogP contribution in [0.4, 0.5) is 11.9 Å². The Morgan fingerprint density at radius 1 is 0.722 bits per heavy atom. The van der Waals surface area contributed by atoms with Crippen molar-refractivity contribution in [3.05, 3.63) is 120 Å². The average molecular weight is 474 g/mol. The van der Waals surface area contributed by atoms with Crippen molar-refractivity contribution in [3.63, 3.8) is 0 Å². The Morgan fingerprint density at radius 2 is 1.33 bits per heavy atom. The van der Waals surface area contributed by atoms with Gasteiger partial charge in [-0.05, 0) is 44.8 Å². The van der Waals surface area contributed by atoms with Crippen molar-refractivity contribution in [2.45, 2.75) is 13.1 Å². The van der Waals surface area contributed by atoms with Gasteiger partial charge in [-0.25, -0.2) is 0 Å². The number of furan rings is 1. The fourth-order valence-corrected chi connectivity index (χ4v) is 4.39. The second-order valence-electron chi connectivity index (χ2n) is 8.44. The molecule has 0 fully saturated rings. The molecule has 0 aliphatic rings. The smallest absolute Gasteiger partial charge is 0.317 e. The molecule has 176 valence electrons. The Balaban J connectivity index is 1.29. The first-order valence-corrected chi connectivity index (χ1v) is 11.7. The Labute approximate surface area is 207 Å². The maximum absolute atomic E-state index is 13.1. The van der Waals surface area contributed by atoms with Gasteiger partial charge in [-0.3, -0.25) is 4.79 Å². The SMILES string of the molecule is O=C(c1ccco1)n1nc(NCc2cccc3ccccc23)nc1NCc1cccc2ccccc12. The van der Waals surface area contributed by atoms with Gasteiger partial charge in [0.25, 0.3) is 0 Å². The Morgan fingerprint density at radius 3 is 1.97 bits per heavy atom. The maximum atomic E-state index is 13.1. The number of nitrogens with zero attached hydrogens (tertiary/aromatic N) is 3. The van der Waals surface area contributed by atoms with E-state index < -0.39 is 5.91 Å². The van der Waals surface area contributed by atoms with Crippen LogP contribution in [0.25, 0.3) is 21.5 Å². The van der Waals surface area contributed by atoms with E-state index in [-0.39, 0.29) is 5.76 Å². The van der Waals surface area contributed by atoms with E-state index in [9.17, 15) is 4.79 Å². The zero-order valence-corrected chi connectivity index (χ0v) is 19.4. The van der Waals surface area contributed by atoms with E-state index in [4.69, 9.17) is 4.42 Å². The molecule has 2 aromatic heterocycles. The van der Waals surface area contributed by atoms with Gasteiger partial charge in [0.15, 0.2) is 5.76 Å². The number of hydrogen-bond acceptors (Lipinski definition) is 6. The van der Waals surface area contributed by atoms with Gasteiger partial charge < -0.3 is 15.1 Å². The maximum Gasteiger partial charge on any atom is 0.317 e. The molecule has 7 nitrogen and oxygen atoms in total. The number of carbonyl (C=O) groups is 1. The molecule has 2 heterocycles. The standard InChI is InChI=1S/C29H23N5O2/c35-27(26-16-7-17-36-26)34-29(31-19-23-13-6-11-21-9-2-4-15-25(21)23)32-28(33-34)30-18-22-12-5-10-20-8-1-3-14-24(20)22/h1-17H,18-19H2,(H2,30,31,32,33). The Kier molecular flexibility index (Phi) is 5.63. The fourth-order valence-electron chi connectivity index (χ4n) is 4.39. The van der Waals surface area contributed by atoms with E-state index in [1.807, 2.05) is 36.4 Å². The summed E-state index contributed by atoms with van der Waals surface area (Å²) in [6, 6.07) is 32.1. The van der Waals surface area contributed by atoms with E-state index >= 15 is 0 Å². The summed E-state index contributed by atoms with van der Waals surface area (Å²) in [5.41, 5.74) is 2.21. The predicted molar refractivity (Wildman–Crippen MR) is 141 cm³/mol. The Hall–Kier alpha value is -4.91. The van der Waals surface area contributed by atoms with Crippen LogP contribution in [-0.2, 0) is 13.1 Å². The molecule has 0 unspecified atom stereocenters. The van der Waals surface area contributed by atoms with Crippen LogP contribution >= 0.6 is 0 Å². The highest BCUT2D eigenvalue weighted by atomic mass is 16.3. The van der Waals surface area contributed by atoms with Crippen molar-refractivity contribution >= 4 is 39.3 Å². The molecule has 0 aliphatic heterocycles. The van der Waals surface area contributed by atoms with Crippen LogP contribution in [0.5, 0.6) is 0 Å². The molecule has 2 N–H and O–H groups in total. The molecule has 6 aromatic rings. The van der Waals surface area contributed by atoms with Crippen molar-refractivity contribution in [3.8, 4) is 0 Å². The summed E-state index contributed by atoms with van der Waals surface area (Å²) >= 11 is 0. The highest BCUT2D eigenvalue weighted by molar-refractivity contribution is 5.94. The molecular formula is C29H23N5O2. The molecule has 4 aromatic carbocycles. The van der Waals surface area contributed by atoms with E-state index in [0.717, 1.165) is 27.3 Å². The molecule has 0 amide bonds. The molecule has 6 rings (SSSR count). The number of fused-ring (bicyclic) bond motifs is 2. The third-order valence-corrected chi connectivity index (χ3v) is 6.17. The molecule has 36 heavy (non-hydrogen) atoms. The molecule has 0 spiro atoms. The summed E-state index contributed by atoms with van der Waals surface area (Å²) < 4.78 is 6.57. The number of rotatable bonds is 7. The van der Waals surface area contributed by atoms with E-state index in [1.165, 1.54) is 16.3 Å². The lowest BCUT2D eigenvalue weighted by Crippen LogP contribution is -2.17. The normalized spacial score (nSPS) is 11.1. The van der Waals surface area contributed by atoms with Crippen LogP contribution in [0.1, 0.15) is 21.7 Å². The zero-order valence-electron chi connectivity index (χ0n) is 19.4. The van der Waals surface area contributed by atoms with Crippen molar-refractivity contribution in [1.29, 1.82) is 0 Å². The number of benzene rings is 4. The van der Waals surface area contributed by atoms with Gasteiger partial charge in [0.05, 0.1) is 6.26 Å². The lowest BCUT2D eigenvalue weighted by molar-refractivity contribution is 0.0920. The van der Waals surface area contributed by atoms with Gasteiger partial charge >= 0.3 is 5.91 Å². The summed E-state index contributed by atoms with van der Waals surface area (Å²) in [5.74, 6) is 0.479. The molecule has 0 saturated carbocycles. The molecule has 0 saturated heterocycles. The van der Waals surface area contributed by atoms with Crippen molar-refractivity contribution in [2.75, 3.05) is 10.6 Å². The van der Waals surface area contributed by atoms with E-state index in [1.54, 1.807) is 12.1 Å². The van der Waals surface area contributed by atoms with Crippen LogP contribution in [0.2, 0.25) is 0 Å². The van der Waals surface area contributed by atoms with Crippen LogP contribution in [-0.4, -0.2) is 20.7 Å². The van der Waals surface area contributed by atoms with Gasteiger partial charge in [-0.1, -0.05) is 84.9 Å². The third-order valence-electron chi connectivity index (χ3n) is 6.17. The molecule has 0 bridgehead atoms. The first-order valence-electron chi connectivity index (χ1n) is 11.7. The number of nitrogens with one attached hydrogen (secondary N) is 2. The zero-order chi connectivity index (χ0) is 24.3. The van der Waals surface area contributed by atoms with E-state index in [0.29, 0.717) is 25.0 Å². The summed E-state index contributed by atoms with van der Waals surface area (Å²) in [6.07, 6.45) is 1.47. The largest absolute Gasteiger partial charge is 0.459 e. The Bertz CT molecular complexity index is 1660. The minimum Gasteiger partial charge on any atom is -0.459 e. The fraction of sp³-hybridized carbons (Fsp3) is 0.0690. The molecule has 0 aliphatic carbocycles. The summed E-state index contributed by atoms with van der Waals surface area (Å²) in [7, 11) is 0. The number of hydrogen-bond donors (Lipinski definition) is 2. The molecule has 0 radical (unpaired) electrons. The highest BCUT2D eigenvalue weighted by Crippen LogP contribution is 2.22. The molecule has 7 heteroatoms. The van der Waals surface area contributed by atoms with E-state index in [2.05, 4.69) is 69.2 Å². The van der Waals surface area contributed by atoms with Crippen molar-refractivity contribution in [1.82, 2.24) is 14.8 Å².